The first-order chi connectivity index (χ1) is 8.17. The van der Waals surface area contributed by atoms with Crippen LogP contribution in [0, 0.1) is 0 Å². The Morgan fingerprint density at radius 2 is 1.94 bits per heavy atom. The highest BCUT2D eigenvalue weighted by Gasteiger charge is 2.04. The number of nitrogens with one attached hydrogen (secondary N) is 1. The first kappa shape index (κ1) is 14.6. The molecular weight excluding hydrogens is 228 g/mol. The number of likely N-dealkylation sites (N-methyl/N-ethyl adjacent to an activating group) is 1. The smallest absolute Gasteiger partial charge is 0.0292 e. The van der Waals surface area contributed by atoms with Crippen molar-refractivity contribution in [3.05, 3.63) is 29.8 Å². The molecular formula is C14H24N2S. The lowest BCUT2D eigenvalue weighted by atomic mass is 10.1. The molecule has 0 aromatic heterocycles. The Morgan fingerprint density at radius 1 is 1.29 bits per heavy atom. The summed E-state index contributed by atoms with van der Waals surface area (Å²) in [5.74, 6) is 0. The van der Waals surface area contributed by atoms with Crippen LogP contribution >= 0.6 is 11.8 Å². The molecule has 3 heteroatoms. The largest absolute Gasteiger partial charge is 0.309 e. The van der Waals surface area contributed by atoms with Crippen LogP contribution in [0.2, 0.25) is 0 Å². The molecule has 0 amide bonds. The van der Waals surface area contributed by atoms with Gasteiger partial charge in [0, 0.05) is 24.0 Å². The monoisotopic (exact) mass is 252 g/mol. The Labute approximate surface area is 110 Å². The molecule has 1 unspecified atom stereocenters. The number of hydrogen-bond acceptors (Lipinski definition) is 3. The molecule has 17 heavy (non-hydrogen) atoms. The van der Waals surface area contributed by atoms with Crippen LogP contribution in [-0.4, -0.2) is 37.8 Å². The Morgan fingerprint density at radius 3 is 2.47 bits per heavy atom. The maximum Gasteiger partial charge on any atom is 0.0292 e. The van der Waals surface area contributed by atoms with Gasteiger partial charge in [-0.1, -0.05) is 19.1 Å². The van der Waals surface area contributed by atoms with Crippen LogP contribution in [0.3, 0.4) is 0 Å². The lowest BCUT2D eigenvalue weighted by molar-refractivity contribution is 0.342. The van der Waals surface area contributed by atoms with E-state index in [2.05, 4.69) is 61.6 Å². The number of rotatable bonds is 7. The fourth-order valence-corrected chi connectivity index (χ4v) is 2.05. The molecule has 0 aliphatic carbocycles. The molecule has 0 saturated heterocycles. The van der Waals surface area contributed by atoms with Crippen molar-refractivity contribution in [2.24, 2.45) is 0 Å². The molecule has 1 rings (SSSR count). The van der Waals surface area contributed by atoms with Crippen LogP contribution < -0.4 is 5.32 Å². The maximum atomic E-state index is 3.55. The van der Waals surface area contributed by atoms with Crippen molar-refractivity contribution in [1.82, 2.24) is 10.2 Å². The van der Waals surface area contributed by atoms with Crippen molar-refractivity contribution in [2.45, 2.75) is 24.8 Å². The lowest BCUT2D eigenvalue weighted by Crippen LogP contribution is -2.30. The van der Waals surface area contributed by atoms with Gasteiger partial charge in [-0.25, -0.2) is 0 Å². The van der Waals surface area contributed by atoms with Gasteiger partial charge in [0.2, 0.25) is 0 Å². The number of thioether (sulfide) groups is 1. The Hall–Kier alpha value is -0.510. The summed E-state index contributed by atoms with van der Waals surface area (Å²) in [5, 5.41) is 3.55. The van der Waals surface area contributed by atoms with Crippen LogP contribution in [0.25, 0.3) is 0 Å². The zero-order valence-corrected chi connectivity index (χ0v) is 12.2. The summed E-state index contributed by atoms with van der Waals surface area (Å²) < 4.78 is 0. The van der Waals surface area contributed by atoms with Gasteiger partial charge in [-0.2, -0.15) is 0 Å². The second-order valence-corrected chi connectivity index (χ2v) is 5.22. The molecule has 0 fully saturated rings. The zero-order valence-electron chi connectivity index (χ0n) is 11.4. The minimum atomic E-state index is 0.427. The third-order valence-corrected chi connectivity index (χ3v) is 3.84. The summed E-state index contributed by atoms with van der Waals surface area (Å²) in [6.45, 7) is 7.66. The molecule has 0 aliphatic rings. The predicted octanol–water partition coefficient (Wildman–Crippen LogP) is 3.01. The van der Waals surface area contributed by atoms with Crippen molar-refractivity contribution in [3.63, 3.8) is 0 Å². The van der Waals surface area contributed by atoms with Crippen LogP contribution in [-0.2, 0) is 0 Å². The molecule has 0 radical (unpaired) electrons. The average Bonchev–Trinajstić information content (AvgIpc) is 2.38. The minimum absolute atomic E-state index is 0.427. The Balaban J connectivity index is 2.38. The van der Waals surface area contributed by atoms with Crippen molar-refractivity contribution in [2.75, 3.05) is 32.9 Å². The quantitative estimate of drug-likeness (QED) is 0.751. The van der Waals surface area contributed by atoms with E-state index in [4.69, 9.17) is 0 Å². The van der Waals surface area contributed by atoms with E-state index < -0.39 is 0 Å². The van der Waals surface area contributed by atoms with Gasteiger partial charge in [-0.15, -0.1) is 11.8 Å². The number of benzene rings is 1. The molecule has 1 aromatic carbocycles. The van der Waals surface area contributed by atoms with Gasteiger partial charge in [0.15, 0.2) is 0 Å². The van der Waals surface area contributed by atoms with Crippen LogP contribution in [0.5, 0.6) is 0 Å². The molecule has 0 bridgehead atoms. The Kier molecular flexibility index (Phi) is 6.63. The molecule has 1 atom stereocenters. The molecule has 0 aliphatic heterocycles. The average molecular weight is 252 g/mol. The van der Waals surface area contributed by atoms with Gasteiger partial charge in [-0.3, -0.25) is 0 Å². The van der Waals surface area contributed by atoms with Crippen molar-refractivity contribution in [3.8, 4) is 0 Å². The molecule has 1 N–H and O–H groups in total. The minimum Gasteiger partial charge on any atom is -0.309 e. The highest BCUT2D eigenvalue weighted by atomic mass is 32.2. The van der Waals surface area contributed by atoms with Gasteiger partial charge >= 0.3 is 0 Å². The lowest BCUT2D eigenvalue weighted by Gasteiger charge is -2.18. The van der Waals surface area contributed by atoms with Crippen molar-refractivity contribution in [1.29, 1.82) is 0 Å². The summed E-state index contributed by atoms with van der Waals surface area (Å²) in [4.78, 5) is 3.64. The van der Waals surface area contributed by atoms with E-state index in [-0.39, 0.29) is 0 Å². The second kappa shape index (κ2) is 7.75. The van der Waals surface area contributed by atoms with E-state index in [9.17, 15) is 0 Å². The van der Waals surface area contributed by atoms with Crippen LogP contribution in [0.15, 0.2) is 29.2 Å². The standard InChI is InChI=1S/C14H24N2S/c1-5-16(3)11-10-15-12(2)13-6-8-14(17-4)9-7-13/h6-9,12,15H,5,10-11H2,1-4H3. The molecule has 0 spiro atoms. The number of nitrogens with zero attached hydrogens (tertiary/aromatic N) is 1. The maximum absolute atomic E-state index is 3.55. The van der Waals surface area contributed by atoms with Gasteiger partial charge < -0.3 is 10.2 Å². The van der Waals surface area contributed by atoms with Gasteiger partial charge in [-0.05, 0) is 44.5 Å². The zero-order chi connectivity index (χ0) is 12.7. The summed E-state index contributed by atoms with van der Waals surface area (Å²) in [7, 11) is 2.15. The van der Waals surface area contributed by atoms with Crippen molar-refractivity contribution < 1.29 is 0 Å². The topological polar surface area (TPSA) is 15.3 Å². The fraction of sp³-hybridized carbons (Fsp3) is 0.571. The van der Waals surface area contributed by atoms with Gasteiger partial charge in [0.1, 0.15) is 0 Å². The first-order valence-corrected chi connectivity index (χ1v) is 7.45. The van der Waals surface area contributed by atoms with Crippen LogP contribution in [0.1, 0.15) is 25.5 Å². The molecule has 0 saturated carbocycles. The van der Waals surface area contributed by atoms with Crippen LogP contribution in [0.4, 0.5) is 0 Å². The summed E-state index contributed by atoms with van der Waals surface area (Å²) >= 11 is 1.79. The van der Waals surface area contributed by atoms with E-state index in [1.165, 1.54) is 10.5 Å². The third-order valence-electron chi connectivity index (χ3n) is 3.10. The van der Waals surface area contributed by atoms with E-state index in [0.717, 1.165) is 19.6 Å². The molecule has 0 heterocycles. The van der Waals surface area contributed by atoms with E-state index in [1.54, 1.807) is 11.8 Å². The van der Waals surface area contributed by atoms with E-state index in [1.807, 2.05) is 0 Å². The van der Waals surface area contributed by atoms with Crippen molar-refractivity contribution >= 4 is 11.8 Å². The Bertz CT molecular complexity index is 311. The fourth-order valence-electron chi connectivity index (χ4n) is 1.64. The molecule has 96 valence electrons. The highest BCUT2D eigenvalue weighted by molar-refractivity contribution is 7.98. The molecule has 2 nitrogen and oxygen atoms in total. The SMILES string of the molecule is CCN(C)CCNC(C)c1ccc(SC)cc1. The van der Waals surface area contributed by atoms with E-state index >= 15 is 0 Å². The first-order valence-electron chi connectivity index (χ1n) is 6.23. The second-order valence-electron chi connectivity index (χ2n) is 4.34. The number of hydrogen-bond donors (Lipinski definition) is 1. The van der Waals surface area contributed by atoms with Gasteiger partial charge in [0.05, 0.1) is 0 Å². The normalized spacial score (nSPS) is 13.0. The summed E-state index contributed by atoms with van der Waals surface area (Å²) in [6, 6.07) is 9.24. The summed E-state index contributed by atoms with van der Waals surface area (Å²) in [6.07, 6.45) is 2.11. The van der Waals surface area contributed by atoms with E-state index in [0.29, 0.717) is 6.04 Å². The third kappa shape index (κ3) is 5.11. The summed E-state index contributed by atoms with van der Waals surface area (Å²) in [5.41, 5.74) is 1.36. The highest BCUT2D eigenvalue weighted by Crippen LogP contribution is 2.18. The molecule has 1 aromatic rings. The predicted molar refractivity (Wildman–Crippen MR) is 77.8 cm³/mol. The van der Waals surface area contributed by atoms with Gasteiger partial charge in [0.25, 0.3) is 0 Å².